The molecule has 116 valence electrons. The number of carbonyl (C=O) groups excluding carboxylic acids is 2. The molecule has 22 heavy (non-hydrogen) atoms. The molecule has 3 atom stereocenters. The maximum Gasteiger partial charge on any atom is 0.310 e. The number of nitrogens with zero attached hydrogens (tertiary/aromatic N) is 1. The Kier molecular flexibility index (Phi) is 2.75. The molecule has 3 aliphatic heterocycles. The molecule has 4 rings (SSSR count). The fourth-order valence-corrected chi connectivity index (χ4v) is 4.50. The van der Waals surface area contributed by atoms with Gasteiger partial charge in [0, 0.05) is 23.0 Å². The van der Waals surface area contributed by atoms with E-state index in [9.17, 15) is 9.59 Å². The van der Waals surface area contributed by atoms with Gasteiger partial charge in [0.25, 0.3) is 0 Å². The van der Waals surface area contributed by atoms with Gasteiger partial charge in [0.1, 0.15) is 5.54 Å². The number of ether oxygens (including phenoxy) is 1. The SMILES string of the molecule is COC(=O)[C@H]1C[C@]2(C(=O)Nc3ccc(N)cc32)N2CCC[C@H]12. The van der Waals surface area contributed by atoms with Crippen LogP contribution in [0.2, 0.25) is 0 Å². The molecule has 0 saturated carbocycles. The Morgan fingerprint density at radius 1 is 1.50 bits per heavy atom. The lowest BCUT2D eigenvalue weighted by Crippen LogP contribution is -2.47. The smallest absolute Gasteiger partial charge is 0.310 e. The molecule has 3 N–H and O–H groups in total. The number of benzene rings is 1. The Morgan fingerprint density at radius 3 is 3.09 bits per heavy atom. The van der Waals surface area contributed by atoms with Gasteiger partial charge in [0.05, 0.1) is 13.0 Å². The van der Waals surface area contributed by atoms with Crippen molar-refractivity contribution >= 4 is 23.3 Å². The summed E-state index contributed by atoms with van der Waals surface area (Å²) in [6.07, 6.45) is 2.38. The number of anilines is 2. The predicted molar refractivity (Wildman–Crippen MR) is 81.0 cm³/mol. The van der Waals surface area contributed by atoms with Crippen LogP contribution in [0.4, 0.5) is 11.4 Å². The average molecular weight is 301 g/mol. The molecular formula is C16H19N3O3. The van der Waals surface area contributed by atoms with Gasteiger partial charge >= 0.3 is 5.97 Å². The summed E-state index contributed by atoms with van der Waals surface area (Å²) in [5.74, 6) is -0.532. The molecule has 1 aromatic rings. The Hall–Kier alpha value is -2.08. The zero-order valence-corrected chi connectivity index (χ0v) is 12.5. The lowest BCUT2D eigenvalue weighted by atomic mass is 9.84. The number of nitrogens with one attached hydrogen (secondary N) is 1. The van der Waals surface area contributed by atoms with Crippen molar-refractivity contribution in [2.24, 2.45) is 5.92 Å². The monoisotopic (exact) mass is 301 g/mol. The molecule has 0 bridgehead atoms. The van der Waals surface area contributed by atoms with Gasteiger partial charge in [-0.05, 0) is 44.0 Å². The first kappa shape index (κ1) is 13.6. The molecule has 1 spiro atoms. The molecular weight excluding hydrogens is 282 g/mol. The maximum atomic E-state index is 12.8. The molecule has 0 aromatic heterocycles. The number of fused-ring (bicyclic) bond motifs is 4. The quantitative estimate of drug-likeness (QED) is 0.599. The van der Waals surface area contributed by atoms with E-state index in [1.54, 1.807) is 6.07 Å². The number of nitrogens with two attached hydrogens (primary N) is 1. The third-order valence-electron chi connectivity index (χ3n) is 5.39. The first-order valence-corrected chi connectivity index (χ1v) is 7.64. The van der Waals surface area contributed by atoms with Gasteiger partial charge in [-0.2, -0.15) is 0 Å². The second kappa shape index (κ2) is 4.46. The average Bonchev–Trinajstić information content (AvgIpc) is 3.15. The van der Waals surface area contributed by atoms with Gasteiger partial charge in [0.2, 0.25) is 5.91 Å². The van der Waals surface area contributed by atoms with Crippen LogP contribution in [-0.2, 0) is 19.9 Å². The normalized spacial score (nSPS) is 32.9. The fraction of sp³-hybridized carbons (Fsp3) is 0.500. The first-order chi connectivity index (χ1) is 10.6. The maximum absolute atomic E-state index is 12.8. The summed E-state index contributed by atoms with van der Waals surface area (Å²) in [5, 5.41) is 2.96. The van der Waals surface area contributed by atoms with E-state index in [1.807, 2.05) is 12.1 Å². The molecule has 2 saturated heterocycles. The number of methoxy groups -OCH3 is 1. The summed E-state index contributed by atoms with van der Waals surface area (Å²) >= 11 is 0. The second-order valence-electron chi connectivity index (χ2n) is 6.36. The van der Waals surface area contributed by atoms with Crippen molar-refractivity contribution in [2.45, 2.75) is 30.8 Å². The van der Waals surface area contributed by atoms with Gasteiger partial charge in [-0.15, -0.1) is 0 Å². The third kappa shape index (κ3) is 1.53. The minimum atomic E-state index is -0.773. The van der Waals surface area contributed by atoms with E-state index in [1.165, 1.54) is 7.11 Å². The van der Waals surface area contributed by atoms with Crippen LogP contribution in [0.1, 0.15) is 24.8 Å². The number of rotatable bonds is 1. The molecule has 6 nitrogen and oxygen atoms in total. The van der Waals surface area contributed by atoms with Crippen LogP contribution in [0.15, 0.2) is 18.2 Å². The van der Waals surface area contributed by atoms with E-state index in [4.69, 9.17) is 10.5 Å². The van der Waals surface area contributed by atoms with Crippen LogP contribution in [0, 0.1) is 5.92 Å². The minimum Gasteiger partial charge on any atom is -0.469 e. The highest BCUT2D eigenvalue weighted by atomic mass is 16.5. The molecule has 3 heterocycles. The topological polar surface area (TPSA) is 84.7 Å². The van der Waals surface area contributed by atoms with Crippen molar-refractivity contribution in [3.63, 3.8) is 0 Å². The van der Waals surface area contributed by atoms with E-state index in [2.05, 4.69) is 10.2 Å². The zero-order valence-electron chi connectivity index (χ0n) is 12.5. The molecule has 0 unspecified atom stereocenters. The van der Waals surface area contributed by atoms with E-state index >= 15 is 0 Å². The molecule has 1 aromatic carbocycles. The molecule has 6 heteroatoms. The van der Waals surface area contributed by atoms with Gasteiger partial charge in [-0.1, -0.05) is 0 Å². The Bertz CT molecular complexity index is 675. The highest BCUT2D eigenvalue weighted by Crippen LogP contribution is 2.54. The van der Waals surface area contributed by atoms with Crippen LogP contribution in [0.3, 0.4) is 0 Å². The largest absolute Gasteiger partial charge is 0.469 e. The molecule has 0 aliphatic carbocycles. The van der Waals surface area contributed by atoms with Gasteiger partial charge < -0.3 is 15.8 Å². The summed E-state index contributed by atoms with van der Waals surface area (Å²) in [6, 6.07) is 5.56. The predicted octanol–water partition coefficient (Wildman–Crippen LogP) is 1.07. The van der Waals surface area contributed by atoms with Gasteiger partial charge in [-0.25, -0.2) is 0 Å². The number of hydrogen-bond acceptors (Lipinski definition) is 5. The molecule has 1 amide bonds. The van der Waals surface area contributed by atoms with Gasteiger partial charge in [-0.3, -0.25) is 14.5 Å². The zero-order chi connectivity index (χ0) is 15.5. The number of esters is 1. The number of nitrogen functional groups attached to an aromatic ring is 1. The highest BCUT2D eigenvalue weighted by molar-refractivity contribution is 6.07. The second-order valence-corrected chi connectivity index (χ2v) is 6.36. The van der Waals surface area contributed by atoms with Crippen LogP contribution in [0.25, 0.3) is 0 Å². The lowest BCUT2D eigenvalue weighted by Gasteiger charge is -2.32. The van der Waals surface area contributed by atoms with E-state index < -0.39 is 5.54 Å². The van der Waals surface area contributed by atoms with Crippen molar-refractivity contribution in [1.82, 2.24) is 4.90 Å². The van der Waals surface area contributed by atoms with Gasteiger partial charge in [0.15, 0.2) is 0 Å². The number of carbonyl (C=O) groups is 2. The van der Waals surface area contributed by atoms with Crippen LogP contribution in [0.5, 0.6) is 0 Å². The standard InChI is InChI=1S/C16H19N3O3/c1-22-14(20)10-8-16(19-6-2-3-13(10)19)11-7-9(17)4-5-12(11)18-15(16)21/h4-5,7,10,13H,2-3,6,8,17H2,1H3,(H,18,21)/t10-,13+,16-/m0/s1. The van der Waals surface area contributed by atoms with Crippen LogP contribution < -0.4 is 11.1 Å². The minimum absolute atomic E-state index is 0.0496. The number of amides is 1. The van der Waals surface area contributed by atoms with Crippen molar-refractivity contribution in [1.29, 1.82) is 0 Å². The Labute approximate surface area is 128 Å². The van der Waals surface area contributed by atoms with E-state index in [-0.39, 0.29) is 23.8 Å². The highest BCUT2D eigenvalue weighted by Gasteiger charge is 2.63. The van der Waals surface area contributed by atoms with E-state index in [0.29, 0.717) is 12.1 Å². The van der Waals surface area contributed by atoms with Crippen LogP contribution >= 0.6 is 0 Å². The summed E-state index contributed by atoms with van der Waals surface area (Å²) in [4.78, 5) is 27.2. The summed E-state index contributed by atoms with van der Waals surface area (Å²) in [5.41, 5.74) is 7.49. The number of hydrogen-bond donors (Lipinski definition) is 2. The molecule has 2 fully saturated rings. The molecule has 3 aliphatic rings. The third-order valence-corrected chi connectivity index (χ3v) is 5.39. The first-order valence-electron chi connectivity index (χ1n) is 7.64. The van der Waals surface area contributed by atoms with Crippen molar-refractivity contribution in [3.8, 4) is 0 Å². The van der Waals surface area contributed by atoms with Crippen molar-refractivity contribution < 1.29 is 14.3 Å². The van der Waals surface area contributed by atoms with Crippen molar-refractivity contribution in [3.05, 3.63) is 23.8 Å². The Morgan fingerprint density at radius 2 is 2.32 bits per heavy atom. The van der Waals surface area contributed by atoms with Crippen molar-refractivity contribution in [2.75, 3.05) is 24.7 Å². The Balaban J connectivity index is 1.86. The summed E-state index contributed by atoms with van der Waals surface area (Å²) < 4.78 is 4.97. The fourth-order valence-electron chi connectivity index (χ4n) is 4.50. The van der Waals surface area contributed by atoms with Crippen LogP contribution in [-0.4, -0.2) is 36.5 Å². The van der Waals surface area contributed by atoms with E-state index in [0.717, 1.165) is 30.6 Å². The summed E-state index contributed by atoms with van der Waals surface area (Å²) in [6.45, 7) is 0.819. The summed E-state index contributed by atoms with van der Waals surface area (Å²) in [7, 11) is 1.41. The lowest BCUT2D eigenvalue weighted by molar-refractivity contribution is -0.146. The molecule has 0 radical (unpaired) electrons.